The Morgan fingerprint density at radius 1 is 1.29 bits per heavy atom. The van der Waals surface area contributed by atoms with Gasteiger partial charge in [-0.05, 0) is 31.0 Å². The molecular weight excluding hydrogens is 327 g/mol. The van der Waals surface area contributed by atoms with E-state index in [2.05, 4.69) is 11.9 Å². The summed E-state index contributed by atoms with van der Waals surface area (Å²) in [5.74, 6) is -1.64. The van der Waals surface area contributed by atoms with Crippen molar-refractivity contribution in [1.82, 2.24) is 5.32 Å². The van der Waals surface area contributed by atoms with Gasteiger partial charge in [-0.15, -0.1) is 0 Å². The van der Waals surface area contributed by atoms with Crippen molar-refractivity contribution in [1.29, 1.82) is 0 Å². The highest BCUT2D eigenvalue weighted by molar-refractivity contribution is 5.97. The second-order valence-corrected chi connectivity index (χ2v) is 4.92. The summed E-state index contributed by atoms with van der Waals surface area (Å²) in [6.07, 6.45) is -2.44. The van der Waals surface area contributed by atoms with E-state index < -0.39 is 23.6 Å². The Morgan fingerprint density at radius 3 is 2.58 bits per heavy atom. The minimum absolute atomic E-state index is 0.0194. The van der Waals surface area contributed by atoms with E-state index in [1.807, 2.05) is 0 Å². The number of ether oxygens (including phenoxy) is 1. The van der Waals surface area contributed by atoms with Crippen molar-refractivity contribution < 1.29 is 32.6 Å². The van der Waals surface area contributed by atoms with Crippen LogP contribution in [0.5, 0.6) is 5.75 Å². The fourth-order valence-electron chi connectivity index (χ4n) is 1.86. The van der Waals surface area contributed by atoms with Gasteiger partial charge in [0.25, 0.3) is 5.91 Å². The number of rotatable bonds is 9. The lowest BCUT2D eigenvalue weighted by atomic mass is 10.1. The Balaban J connectivity index is 2.82. The van der Waals surface area contributed by atoms with Gasteiger partial charge in [0.1, 0.15) is 12.4 Å². The van der Waals surface area contributed by atoms with E-state index in [0.29, 0.717) is 12.8 Å². The van der Waals surface area contributed by atoms with Gasteiger partial charge in [0.05, 0.1) is 11.1 Å². The predicted molar refractivity (Wildman–Crippen MR) is 81.0 cm³/mol. The lowest BCUT2D eigenvalue weighted by Gasteiger charge is -2.14. The van der Waals surface area contributed by atoms with Crippen LogP contribution in [0.1, 0.15) is 35.2 Å². The molecule has 132 valence electrons. The van der Waals surface area contributed by atoms with Crippen LogP contribution in [-0.2, 0) is 11.0 Å². The van der Waals surface area contributed by atoms with Crippen LogP contribution in [0.4, 0.5) is 13.2 Å². The van der Waals surface area contributed by atoms with E-state index in [4.69, 9.17) is 9.84 Å². The van der Waals surface area contributed by atoms with Crippen LogP contribution in [0.15, 0.2) is 30.9 Å². The number of carbonyl (C=O) groups is 2. The average Bonchev–Trinajstić information content (AvgIpc) is 2.51. The van der Waals surface area contributed by atoms with Crippen LogP contribution < -0.4 is 10.1 Å². The molecule has 0 heterocycles. The molecule has 5 nitrogen and oxygen atoms in total. The van der Waals surface area contributed by atoms with E-state index in [-0.39, 0.29) is 30.9 Å². The molecule has 1 aromatic rings. The molecule has 1 amide bonds. The standard InChI is InChI=1S/C16H18F3NO4/c1-2-9-24-13-7-6-11(16(17,18)19)10-12(13)15(23)20-8-4-3-5-14(21)22/h2,6-7,10H,1,3-5,8-9H2,(H,20,23)(H,21,22). The maximum atomic E-state index is 12.8. The van der Waals surface area contributed by atoms with Crippen molar-refractivity contribution in [3.63, 3.8) is 0 Å². The fraction of sp³-hybridized carbons (Fsp3) is 0.375. The first kappa shape index (κ1) is 19.5. The van der Waals surface area contributed by atoms with E-state index in [0.717, 1.165) is 18.2 Å². The molecule has 2 N–H and O–H groups in total. The highest BCUT2D eigenvalue weighted by atomic mass is 19.4. The molecule has 0 aromatic heterocycles. The molecule has 24 heavy (non-hydrogen) atoms. The highest BCUT2D eigenvalue weighted by Crippen LogP contribution is 2.32. The predicted octanol–water partition coefficient (Wildman–Crippen LogP) is 3.25. The monoisotopic (exact) mass is 345 g/mol. The van der Waals surface area contributed by atoms with Crippen LogP contribution >= 0.6 is 0 Å². The molecule has 0 aliphatic rings. The number of unbranched alkanes of at least 4 members (excludes halogenated alkanes) is 1. The zero-order valence-corrected chi connectivity index (χ0v) is 12.9. The lowest BCUT2D eigenvalue weighted by molar-refractivity contribution is -0.138. The van der Waals surface area contributed by atoms with Gasteiger partial charge in [0, 0.05) is 13.0 Å². The molecule has 0 aliphatic heterocycles. The average molecular weight is 345 g/mol. The number of carbonyl (C=O) groups excluding carboxylic acids is 1. The van der Waals surface area contributed by atoms with Crippen LogP contribution in [-0.4, -0.2) is 30.1 Å². The molecule has 0 aliphatic carbocycles. The summed E-state index contributed by atoms with van der Waals surface area (Å²) in [6.45, 7) is 3.64. The fourth-order valence-corrected chi connectivity index (χ4v) is 1.86. The van der Waals surface area contributed by atoms with E-state index in [9.17, 15) is 22.8 Å². The number of amides is 1. The van der Waals surface area contributed by atoms with Gasteiger partial charge < -0.3 is 15.2 Å². The van der Waals surface area contributed by atoms with Crippen molar-refractivity contribution in [3.8, 4) is 5.75 Å². The van der Waals surface area contributed by atoms with Gasteiger partial charge in [-0.1, -0.05) is 12.7 Å². The van der Waals surface area contributed by atoms with Gasteiger partial charge in [-0.2, -0.15) is 13.2 Å². The van der Waals surface area contributed by atoms with E-state index in [1.165, 1.54) is 6.08 Å². The first-order valence-corrected chi connectivity index (χ1v) is 7.20. The van der Waals surface area contributed by atoms with Crippen LogP contribution in [0.3, 0.4) is 0 Å². The minimum atomic E-state index is -4.58. The lowest BCUT2D eigenvalue weighted by Crippen LogP contribution is -2.25. The van der Waals surface area contributed by atoms with Crippen LogP contribution in [0.25, 0.3) is 0 Å². The summed E-state index contributed by atoms with van der Waals surface area (Å²) in [7, 11) is 0. The molecule has 1 rings (SSSR count). The summed E-state index contributed by atoms with van der Waals surface area (Å²) < 4.78 is 43.6. The number of halogens is 3. The van der Waals surface area contributed by atoms with E-state index >= 15 is 0 Å². The van der Waals surface area contributed by atoms with Crippen LogP contribution in [0.2, 0.25) is 0 Å². The van der Waals surface area contributed by atoms with Gasteiger partial charge in [0.2, 0.25) is 0 Å². The zero-order valence-electron chi connectivity index (χ0n) is 12.9. The van der Waals surface area contributed by atoms with Crippen molar-refractivity contribution in [3.05, 3.63) is 42.0 Å². The molecule has 0 spiro atoms. The first-order chi connectivity index (χ1) is 11.3. The van der Waals surface area contributed by atoms with Gasteiger partial charge in [-0.25, -0.2) is 0 Å². The molecule has 0 bridgehead atoms. The molecule has 1 aromatic carbocycles. The third-order valence-corrected chi connectivity index (χ3v) is 3.01. The summed E-state index contributed by atoms with van der Waals surface area (Å²) in [5, 5.41) is 11.0. The Kier molecular flexibility index (Phi) is 7.29. The second kappa shape index (κ2) is 8.95. The topological polar surface area (TPSA) is 75.6 Å². The quantitative estimate of drug-likeness (QED) is 0.532. The maximum absolute atomic E-state index is 12.8. The number of hydrogen-bond donors (Lipinski definition) is 2. The van der Waals surface area contributed by atoms with Crippen molar-refractivity contribution in [2.24, 2.45) is 0 Å². The van der Waals surface area contributed by atoms with Crippen molar-refractivity contribution in [2.45, 2.75) is 25.4 Å². The molecule has 0 atom stereocenters. The molecular formula is C16H18F3NO4. The number of alkyl halides is 3. The smallest absolute Gasteiger partial charge is 0.416 e. The Hall–Kier alpha value is -2.51. The third kappa shape index (κ3) is 6.31. The van der Waals surface area contributed by atoms with Crippen molar-refractivity contribution in [2.75, 3.05) is 13.2 Å². The second-order valence-electron chi connectivity index (χ2n) is 4.92. The Bertz CT molecular complexity index is 599. The summed E-state index contributed by atoms with van der Waals surface area (Å²) in [4.78, 5) is 22.5. The van der Waals surface area contributed by atoms with Gasteiger partial charge in [0.15, 0.2) is 0 Å². The molecule has 0 radical (unpaired) electrons. The molecule has 0 saturated heterocycles. The normalized spacial score (nSPS) is 11.0. The summed E-state index contributed by atoms with van der Waals surface area (Å²) >= 11 is 0. The minimum Gasteiger partial charge on any atom is -0.489 e. The van der Waals surface area contributed by atoms with Crippen molar-refractivity contribution >= 4 is 11.9 Å². The SMILES string of the molecule is C=CCOc1ccc(C(F)(F)F)cc1C(=O)NCCCCC(=O)O. The zero-order chi connectivity index (χ0) is 18.2. The van der Waals surface area contributed by atoms with Gasteiger partial charge >= 0.3 is 12.1 Å². The highest BCUT2D eigenvalue weighted by Gasteiger charge is 2.32. The van der Waals surface area contributed by atoms with Crippen LogP contribution in [0, 0.1) is 0 Å². The number of nitrogens with one attached hydrogen (secondary N) is 1. The number of aliphatic carboxylic acids is 1. The largest absolute Gasteiger partial charge is 0.489 e. The Morgan fingerprint density at radius 2 is 2.00 bits per heavy atom. The van der Waals surface area contributed by atoms with E-state index in [1.54, 1.807) is 0 Å². The number of carboxylic acid groups (broad SMARTS) is 1. The third-order valence-electron chi connectivity index (χ3n) is 3.01. The molecule has 0 unspecified atom stereocenters. The first-order valence-electron chi connectivity index (χ1n) is 7.20. The summed E-state index contributed by atoms with van der Waals surface area (Å²) in [5.41, 5.74) is -1.19. The van der Waals surface area contributed by atoms with Gasteiger partial charge in [-0.3, -0.25) is 9.59 Å². The number of carboxylic acids is 1. The number of hydrogen-bond acceptors (Lipinski definition) is 3. The Labute approximate surface area is 137 Å². The number of benzene rings is 1. The maximum Gasteiger partial charge on any atom is 0.416 e. The molecule has 8 heteroatoms. The summed E-state index contributed by atoms with van der Waals surface area (Å²) in [6, 6.07) is 2.65. The molecule has 0 saturated carbocycles. The molecule has 0 fully saturated rings.